The first-order chi connectivity index (χ1) is 5.63. The second kappa shape index (κ2) is 3.49. The van der Waals surface area contributed by atoms with Gasteiger partial charge in [0.1, 0.15) is 11.6 Å². The van der Waals surface area contributed by atoms with E-state index in [4.69, 9.17) is 16.8 Å². The summed E-state index contributed by atoms with van der Waals surface area (Å²) < 4.78 is 25.0. The van der Waals surface area contributed by atoms with Gasteiger partial charge in [-0.05, 0) is 12.1 Å². The summed E-state index contributed by atoms with van der Waals surface area (Å²) in [6.45, 7) is 0. The van der Waals surface area contributed by atoms with Gasteiger partial charge in [0, 0.05) is 11.6 Å². The molecule has 0 radical (unpaired) electrons. The third kappa shape index (κ3) is 1.92. The Morgan fingerprint density at radius 3 is 2.17 bits per heavy atom. The molecule has 2 nitrogen and oxygen atoms in total. The zero-order chi connectivity index (χ0) is 9.14. The molecule has 0 aromatic heterocycles. The molecule has 0 aliphatic rings. The molecular weight excluding hydrogens is 188 g/mol. The van der Waals surface area contributed by atoms with Crippen LogP contribution >= 0.6 is 11.6 Å². The molecule has 0 aliphatic heterocycles. The number of nitrogens with zero attached hydrogens (tertiary/aromatic N) is 1. The molecule has 0 atom stereocenters. The summed E-state index contributed by atoms with van der Waals surface area (Å²) >= 11 is 5.30. The summed E-state index contributed by atoms with van der Waals surface area (Å²) in [6, 6.07) is 2.63. The van der Waals surface area contributed by atoms with Gasteiger partial charge in [0.05, 0.1) is 0 Å². The molecule has 1 N–H and O–H groups in total. The molecule has 0 heterocycles. The lowest BCUT2D eigenvalue weighted by Gasteiger charge is -1.96. The van der Waals surface area contributed by atoms with Gasteiger partial charge in [0.2, 0.25) is 0 Å². The minimum Gasteiger partial charge on any atom is -0.410 e. The summed E-state index contributed by atoms with van der Waals surface area (Å²) in [6.07, 6.45) is 0. The van der Waals surface area contributed by atoms with Crippen LogP contribution in [0.4, 0.5) is 8.78 Å². The van der Waals surface area contributed by atoms with Crippen molar-refractivity contribution in [3.63, 3.8) is 0 Å². The summed E-state index contributed by atoms with van der Waals surface area (Å²) in [4.78, 5) is 0. The maximum absolute atomic E-state index is 12.5. The Morgan fingerprint density at radius 2 is 1.75 bits per heavy atom. The Hall–Kier alpha value is -1.16. The zero-order valence-electron chi connectivity index (χ0n) is 5.76. The highest BCUT2D eigenvalue weighted by molar-refractivity contribution is 6.69. The van der Waals surface area contributed by atoms with Crippen LogP contribution < -0.4 is 0 Å². The average molecular weight is 192 g/mol. The highest BCUT2D eigenvalue weighted by atomic mass is 35.5. The maximum atomic E-state index is 12.5. The van der Waals surface area contributed by atoms with Crippen molar-refractivity contribution in [1.82, 2.24) is 0 Å². The topological polar surface area (TPSA) is 32.6 Å². The van der Waals surface area contributed by atoms with Crippen molar-refractivity contribution in [3.05, 3.63) is 35.4 Å². The first-order valence-corrected chi connectivity index (χ1v) is 3.35. The Labute approximate surface area is 72.1 Å². The van der Waals surface area contributed by atoms with Gasteiger partial charge in [0.15, 0.2) is 5.17 Å². The third-order valence-electron chi connectivity index (χ3n) is 1.19. The van der Waals surface area contributed by atoms with Gasteiger partial charge in [-0.2, -0.15) is 0 Å². The van der Waals surface area contributed by atoms with Crippen molar-refractivity contribution in [2.75, 3.05) is 0 Å². The van der Waals surface area contributed by atoms with Crippen molar-refractivity contribution in [1.29, 1.82) is 0 Å². The molecule has 0 bridgehead atoms. The van der Waals surface area contributed by atoms with E-state index in [9.17, 15) is 8.78 Å². The van der Waals surface area contributed by atoms with Crippen molar-refractivity contribution >= 4 is 16.8 Å². The largest absolute Gasteiger partial charge is 0.410 e. The fourth-order valence-electron chi connectivity index (χ4n) is 0.731. The molecule has 0 aliphatic carbocycles. The number of hydrogen-bond acceptors (Lipinski definition) is 2. The van der Waals surface area contributed by atoms with Crippen molar-refractivity contribution in [2.24, 2.45) is 5.16 Å². The molecular formula is C7H4ClF2NO. The number of hydrogen-bond donors (Lipinski definition) is 1. The van der Waals surface area contributed by atoms with Crippen LogP contribution in [0.1, 0.15) is 5.56 Å². The van der Waals surface area contributed by atoms with Crippen LogP contribution in [0.2, 0.25) is 0 Å². The van der Waals surface area contributed by atoms with E-state index in [0.717, 1.165) is 12.1 Å². The van der Waals surface area contributed by atoms with Crippen LogP contribution in [0.3, 0.4) is 0 Å². The predicted octanol–water partition coefficient (Wildman–Crippen LogP) is 2.34. The monoisotopic (exact) mass is 191 g/mol. The molecule has 64 valence electrons. The molecule has 5 heteroatoms. The first-order valence-electron chi connectivity index (χ1n) is 2.97. The van der Waals surface area contributed by atoms with E-state index in [-0.39, 0.29) is 10.7 Å². The predicted molar refractivity (Wildman–Crippen MR) is 40.5 cm³/mol. The minimum absolute atomic E-state index is 0.00309. The molecule has 0 saturated carbocycles. The van der Waals surface area contributed by atoms with Crippen molar-refractivity contribution in [3.8, 4) is 0 Å². The Balaban J connectivity index is 3.17. The van der Waals surface area contributed by atoms with Gasteiger partial charge in [0.25, 0.3) is 0 Å². The van der Waals surface area contributed by atoms with Gasteiger partial charge in [-0.3, -0.25) is 0 Å². The van der Waals surface area contributed by atoms with Crippen LogP contribution in [0.5, 0.6) is 0 Å². The molecule has 12 heavy (non-hydrogen) atoms. The van der Waals surface area contributed by atoms with E-state index in [1.807, 2.05) is 0 Å². The second-order valence-electron chi connectivity index (χ2n) is 2.05. The lowest BCUT2D eigenvalue weighted by Crippen LogP contribution is -1.93. The SMILES string of the molecule is O/N=C(\Cl)c1cc(F)cc(F)c1. The maximum Gasteiger partial charge on any atom is 0.175 e. The quantitative estimate of drug-likeness (QED) is 0.413. The smallest absolute Gasteiger partial charge is 0.175 e. The molecule has 1 aromatic carbocycles. The van der Waals surface area contributed by atoms with Crippen LogP contribution in [-0.2, 0) is 0 Å². The number of benzene rings is 1. The average Bonchev–Trinajstić information content (AvgIpc) is 2.01. The highest BCUT2D eigenvalue weighted by Gasteiger charge is 2.04. The van der Waals surface area contributed by atoms with Gasteiger partial charge in [-0.1, -0.05) is 16.8 Å². The number of oxime groups is 1. The van der Waals surface area contributed by atoms with Gasteiger partial charge in [-0.25, -0.2) is 8.78 Å². The second-order valence-corrected chi connectivity index (χ2v) is 2.41. The summed E-state index contributed by atoms with van der Waals surface area (Å²) in [5, 5.41) is 10.4. The molecule has 0 saturated heterocycles. The molecule has 0 unspecified atom stereocenters. The van der Waals surface area contributed by atoms with Crippen LogP contribution in [0, 0.1) is 11.6 Å². The van der Waals surface area contributed by atoms with E-state index in [0.29, 0.717) is 6.07 Å². The van der Waals surface area contributed by atoms with Gasteiger partial charge in [-0.15, -0.1) is 0 Å². The van der Waals surface area contributed by atoms with Crippen LogP contribution in [0.15, 0.2) is 23.4 Å². The van der Waals surface area contributed by atoms with E-state index in [1.54, 1.807) is 0 Å². The first kappa shape index (κ1) is 8.93. The van der Waals surface area contributed by atoms with E-state index in [2.05, 4.69) is 5.16 Å². The normalized spacial score (nSPS) is 11.8. The van der Waals surface area contributed by atoms with Gasteiger partial charge >= 0.3 is 0 Å². The molecule has 1 aromatic rings. The lowest BCUT2D eigenvalue weighted by molar-refractivity contribution is 0.321. The van der Waals surface area contributed by atoms with Crippen LogP contribution in [-0.4, -0.2) is 10.4 Å². The highest BCUT2D eigenvalue weighted by Crippen LogP contribution is 2.10. The fourth-order valence-corrected chi connectivity index (χ4v) is 0.840. The van der Waals surface area contributed by atoms with Gasteiger partial charge < -0.3 is 5.21 Å². The standard InChI is InChI=1S/C7H4ClF2NO/c8-7(11-12)4-1-5(9)3-6(10)2-4/h1-3,12H/b11-7-. The third-order valence-corrected chi connectivity index (χ3v) is 1.48. The fraction of sp³-hybridized carbons (Fsp3) is 0. The summed E-state index contributed by atoms with van der Waals surface area (Å²) in [5.74, 6) is -1.54. The lowest BCUT2D eigenvalue weighted by atomic mass is 10.2. The number of halogens is 3. The summed E-state index contributed by atoms with van der Waals surface area (Å²) in [5.41, 5.74) is -0.00309. The van der Waals surface area contributed by atoms with Crippen molar-refractivity contribution in [2.45, 2.75) is 0 Å². The van der Waals surface area contributed by atoms with E-state index < -0.39 is 11.6 Å². The molecule has 0 spiro atoms. The number of rotatable bonds is 1. The molecule has 0 amide bonds. The summed E-state index contributed by atoms with van der Waals surface area (Å²) in [7, 11) is 0. The van der Waals surface area contributed by atoms with Crippen LogP contribution in [0.25, 0.3) is 0 Å². The Kier molecular flexibility index (Phi) is 2.60. The Morgan fingerprint density at radius 1 is 1.25 bits per heavy atom. The zero-order valence-corrected chi connectivity index (χ0v) is 6.52. The van der Waals surface area contributed by atoms with E-state index in [1.165, 1.54) is 0 Å². The molecule has 1 rings (SSSR count). The Bertz CT molecular complexity index is 307. The van der Waals surface area contributed by atoms with Crippen molar-refractivity contribution < 1.29 is 14.0 Å². The minimum atomic E-state index is -0.771. The van der Waals surface area contributed by atoms with E-state index >= 15 is 0 Å². The molecule has 0 fully saturated rings.